The van der Waals surface area contributed by atoms with Gasteiger partial charge >= 0.3 is 0 Å². The Morgan fingerprint density at radius 1 is 1.21 bits per heavy atom. The normalized spacial score (nSPS) is 11.7. The number of aromatic amines is 1. The summed E-state index contributed by atoms with van der Waals surface area (Å²) in [7, 11) is 0. The van der Waals surface area contributed by atoms with Gasteiger partial charge in [-0.1, -0.05) is 26.8 Å². The van der Waals surface area contributed by atoms with E-state index < -0.39 is 5.41 Å². The molecule has 3 aromatic rings. The summed E-state index contributed by atoms with van der Waals surface area (Å²) >= 11 is 0. The number of nitrogen functional groups attached to an aromatic ring is 1. The van der Waals surface area contributed by atoms with E-state index in [9.17, 15) is 4.79 Å². The third-order valence-corrected chi connectivity index (χ3v) is 5.33. The van der Waals surface area contributed by atoms with Crippen LogP contribution in [0.3, 0.4) is 0 Å². The first-order chi connectivity index (χ1) is 13.4. The number of benzene rings is 2. The van der Waals surface area contributed by atoms with Crippen molar-refractivity contribution >= 4 is 22.9 Å². The van der Waals surface area contributed by atoms with Gasteiger partial charge in [-0.3, -0.25) is 4.79 Å². The molecule has 0 radical (unpaired) electrons. The Balaban J connectivity index is 2.02. The second-order valence-electron chi connectivity index (χ2n) is 7.62. The van der Waals surface area contributed by atoms with Crippen molar-refractivity contribution in [3.05, 3.63) is 58.8 Å². The zero-order valence-corrected chi connectivity index (χ0v) is 17.1. The zero-order chi connectivity index (χ0) is 20.3. The van der Waals surface area contributed by atoms with Crippen molar-refractivity contribution in [1.29, 1.82) is 0 Å². The number of carbonyl (C=O) groups is 1. The van der Waals surface area contributed by atoms with Gasteiger partial charge in [-0.05, 0) is 54.9 Å². The molecule has 5 heteroatoms. The van der Waals surface area contributed by atoms with E-state index >= 15 is 0 Å². The van der Waals surface area contributed by atoms with Crippen molar-refractivity contribution in [2.24, 2.45) is 0 Å². The molecule has 0 bridgehead atoms. The minimum Gasteiger partial charge on any atom is -0.492 e. The van der Waals surface area contributed by atoms with Crippen LogP contribution in [0.5, 0.6) is 5.75 Å². The Labute approximate surface area is 166 Å². The van der Waals surface area contributed by atoms with Crippen LogP contribution in [0.15, 0.2) is 36.4 Å². The maximum atomic E-state index is 11.7. The maximum absolute atomic E-state index is 11.7. The highest BCUT2D eigenvalue weighted by Gasteiger charge is 2.30. The van der Waals surface area contributed by atoms with Crippen molar-refractivity contribution in [2.75, 3.05) is 25.4 Å². The Hall–Kier alpha value is -2.79. The van der Waals surface area contributed by atoms with E-state index in [1.807, 2.05) is 36.4 Å². The number of fused-ring (bicyclic) bond motifs is 1. The molecule has 28 heavy (non-hydrogen) atoms. The van der Waals surface area contributed by atoms with Gasteiger partial charge in [0.1, 0.15) is 18.6 Å². The van der Waals surface area contributed by atoms with E-state index in [2.05, 4.69) is 38.0 Å². The molecule has 0 atom stereocenters. The molecule has 2 aromatic carbocycles. The molecule has 148 valence electrons. The van der Waals surface area contributed by atoms with E-state index in [0.717, 1.165) is 58.5 Å². The predicted molar refractivity (Wildman–Crippen MR) is 115 cm³/mol. The van der Waals surface area contributed by atoms with Crippen LogP contribution in [0.25, 0.3) is 10.9 Å². The molecule has 0 spiro atoms. The third-order valence-electron chi connectivity index (χ3n) is 5.33. The minimum absolute atomic E-state index is 0.408. The molecule has 1 heterocycles. The van der Waals surface area contributed by atoms with Crippen LogP contribution < -0.4 is 15.8 Å². The lowest BCUT2D eigenvalue weighted by molar-refractivity contribution is 0.112. The smallest absolute Gasteiger partial charge is 0.150 e. The number of anilines is 1. The van der Waals surface area contributed by atoms with Crippen LogP contribution in [-0.4, -0.2) is 31.0 Å². The van der Waals surface area contributed by atoms with Gasteiger partial charge in [0.15, 0.2) is 0 Å². The SMILES string of the molecule is CCNCCOc1ccc(C=O)c(C(C)(C)c2[nH]c3cc(N)ccc3c2C)c1. The Kier molecular flexibility index (Phi) is 5.75. The van der Waals surface area contributed by atoms with E-state index in [4.69, 9.17) is 10.5 Å². The molecule has 0 aliphatic heterocycles. The molecular formula is C23H29N3O2. The molecule has 0 saturated heterocycles. The average molecular weight is 380 g/mol. The summed E-state index contributed by atoms with van der Waals surface area (Å²) < 4.78 is 5.88. The number of H-pyrrole nitrogens is 1. The van der Waals surface area contributed by atoms with Crippen LogP contribution in [0.1, 0.15) is 48.0 Å². The van der Waals surface area contributed by atoms with E-state index in [1.165, 1.54) is 0 Å². The summed E-state index contributed by atoms with van der Waals surface area (Å²) in [5.74, 6) is 0.768. The number of rotatable bonds is 8. The number of nitrogens with two attached hydrogens (primary N) is 1. The van der Waals surface area contributed by atoms with Gasteiger partial charge in [0.25, 0.3) is 0 Å². The van der Waals surface area contributed by atoms with Gasteiger partial charge in [0.2, 0.25) is 0 Å². The van der Waals surface area contributed by atoms with E-state index in [1.54, 1.807) is 0 Å². The third kappa shape index (κ3) is 3.76. The summed E-state index contributed by atoms with van der Waals surface area (Å²) in [6.45, 7) is 10.7. The molecule has 3 rings (SSSR count). The van der Waals surface area contributed by atoms with Gasteiger partial charge < -0.3 is 20.8 Å². The summed E-state index contributed by atoms with van der Waals surface area (Å²) in [5.41, 5.74) is 11.1. The van der Waals surface area contributed by atoms with Crippen LogP contribution in [0, 0.1) is 6.92 Å². The van der Waals surface area contributed by atoms with Crippen molar-refractivity contribution in [3.63, 3.8) is 0 Å². The molecule has 0 fully saturated rings. The molecule has 0 aliphatic rings. The summed E-state index contributed by atoms with van der Waals surface area (Å²) in [6, 6.07) is 11.6. The van der Waals surface area contributed by atoms with Crippen LogP contribution in [0.2, 0.25) is 0 Å². The molecule has 0 unspecified atom stereocenters. The van der Waals surface area contributed by atoms with Crippen molar-refractivity contribution in [3.8, 4) is 5.75 Å². The standard InChI is InChI=1S/C23H29N3O2/c1-5-25-10-11-28-18-8-6-16(14-27)20(13-18)23(3,4)22-15(2)19-9-7-17(24)12-21(19)26-22/h6-9,12-14,25-26H,5,10-11,24H2,1-4H3. The number of nitrogens with one attached hydrogen (secondary N) is 2. The van der Waals surface area contributed by atoms with Crippen LogP contribution in [0.4, 0.5) is 5.69 Å². The highest BCUT2D eigenvalue weighted by atomic mass is 16.5. The fourth-order valence-electron chi connectivity index (χ4n) is 3.80. The Bertz CT molecular complexity index is 989. The number of aryl methyl sites for hydroxylation is 1. The maximum Gasteiger partial charge on any atom is 0.150 e. The van der Waals surface area contributed by atoms with Gasteiger partial charge in [0.05, 0.1) is 0 Å². The Morgan fingerprint density at radius 3 is 2.71 bits per heavy atom. The van der Waals surface area contributed by atoms with Crippen molar-refractivity contribution in [2.45, 2.75) is 33.1 Å². The molecule has 4 N–H and O–H groups in total. The van der Waals surface area contributed by atoms with Gasteiger partial charge in [-0.2, -0.15) is 0 Å². The number of ether oxygens (including phenoxy) is 1. The Morgan fingerprint density at radius 2 is 2.00 bits per heavy atom. The highest BCUT2D eigenvalue weighted by Crippen LogP contribution is 2.39. The molecule has 0 aliphatic carbocycles. The van der Waals surface area contributed by atoms with Crippen molar-refractivity contribution < 1.29 is 9.53 Å². The summed E-state index contributed by atoms with van der Waals surface area (Å²) in [5, 5.41) is 4.38. The predicted octanol–water partition coefficient (Wildman–Crippen LogP) is 4.19. The highest BCUT2D eigenvalue weighted by molar-refractivity contribution is 5.88. The number of likely N-dealkylation sites (N-methyl/N-ethyl adjacent to an activating group) is 1. The summed E-state index contributed by atoms with van der Waals surface area (Å²) in [6.07, 6.45) is 0.912. The minimum atomic E-state index is -0.408. The lowest BCUT2D eigenvalue weighted by Gasteiger charge is -2.27. The fourth-order valence-corrected chi connectivity index (χ4v) is 3.80. The zero-order valence-electron chi connectivity index (χ0n) is 17.1. The monoisotopic (exact) mass is 379 g/mol. The largest absolute Gasteiger partial charge is 0.492 e. The number of aromatic nitrogens is 1. The van der Waals surface area contributed by atoms with E-state index in [-0.39, 0.29) is 0 Å². The quantitative estimate of drug-likeness (QED) is 0.311. The molecule has 5 nitrogen and oxygen atoms in total. The number of aldehydes is 1. The molecule has 1 aromatic heterocycles. The van der Waals surface area contributed by atoms with Crippen LogP contribution >= 0.6 is 0 Å². The second kappa shape index (κ2) is 8.07. The number of carbonyl (C=O) groups excluding carboxylic acids is 1. The second-order valence-corrected chi connectivity index (χ2v) is 7.62. The van der Waals surface area contributed by atoms with E-state index in [0.29, 0.717) is 12.2 Å². The number of hydrogen-bond donors (Lipinski definition) is 3. The molecule has 0 saturated carbocycles. The molecular weight excluding hydrogens is 350 g/mol. The first kappa shape index (κ1) is 20.0. The molecule has 0 amide bonds. The lowest BCUT2D eigenvalue weighted by Crippen LogP contribution is -2.23. The van der Waals surface area contributed by atoms with Crippen LogP contribution in [-0.2, 0) is 5.41 Å². The van der Waals surface area contributed by atoms with Gasteiger partial charge in [-0.15, -0.1) is 0 Å². The number of hydrogen-bond acceptors (Lipinski definition) is 4. The first-order valence-corrected chi connectivity index (χ1v) is 9.70. The summed E-state index contributed by atoms with van der Waals surface area (Å²) in [4.78, 5) is 15.3. The topological polar surface area (TPSA) is 80.1 Å². The van der Waals surface area contributed by atoms with Crippen molar-refractivity contribution in [1.82, 2.24) is 10.3 Å². The van der Waals surface area contributed by atoms with Gasteiger partial charge in [0, 0.05) is 39.8 Å². The lowest BCUT2D eigenvalue weighted by atomic mass is 9.77. The first-order valence-electron chi connectivity index (χ1n) is 9.70. The fraction of sp³-hybridized carbons (Fsp3) is 0.348. The average Bonchev–Trinajstić information content (AvgIpc) is 3.01. The van der Waals surface area contributed by atoms with Gasteiger partial charge in [-0.25, -0.2) is 0 Å².